The van der Waals surface area contributed by atoms with E-state index in [4.69, 9.17) is 9.47 Å². The Labute approximate surface area is 167 Å². The number of hydrogen-bond acceptors (Lipinski definition) is 5. The average Bonchev–Trinajstić information content (AvgIpc) is 2.57. The van der Waals surface area contributed by atoms with Crippen molar-refractivity contribution in [3.8, 4) is 0 Å². The van der Waals surface area contributed by atoms with Gasteiger partial charge in [-0.1, -0.05) is 26.0 Å². The quantitative estimate of drug-likeness (QED) is 0.515. The number of rotatable bonds is 8. The summed E-state index contributed by atoms with van der Waals surface area (Å²) in [4.78, 5) is 35.5. The number of alkyl carbamates (subject to hydrolysis) is 1. The Kier molecular flexibility index (Phi) is 8.96. The molecule has 1 aromatic carbocycles. The lowest BCUT2D eigenvalue weighted by Gasteiger charge is -2.19. The molecule has 0 fully saturated rings. The molecule has 0 aromatic heterocycles. The molecule has 1 aromatic rings. The summed E-state index contributed by atoms with van der Waals surface area (Å²) in [5.41, 5.74) is 1.26. The summed E-state index contributed by atoms with van der Waals surface area (Å²) in [6.07, 6.45) is -0.951. The number of hydrogen-bond donors (Lipinski definition) is 2. The molecule has 0 spiro atoms. The summed E-state index contributed by atoms with van der Waals surface area (Å²) in [6, 6.07) is 7.55. The number of anilines is 1. The molecule has 1 atom stereocenters. The summed E-state index contributed by atoms with van der Waals surface area (Å²) >= 11 is 0. The lowest BCUT2D eigenvalue weighted by Crippen LogP contribution is -2.33. The van der Waals surface area contributed by atoms with Crippen LogP contribution in [0.3, 0.4) is 0 Å². The first-order chi connectivity index (χ1) is 13.0. The van der Waals surface area contributed by atoms with E-state index in [1.165, 1.54) is 12.5 Å². The zero-order valence-electron chi connectivity index (χ0n) is 17.6. The largest absolute Gasteiger partial charge is 0.453 e. The zero-order chi connectivity index (χ0) is 21.3. The molecule has 7 nitrogen and oxygen atoms in total. The third kappa shape index (κ3) is 9.39. The summed E-state index contributed by atoms with van der Waals surface area (Å²) in [6.45, 7) is 11.3. The van der Waals surface area contributed by atoms with Crippen LogP contribution < -0.4 is 10.6 Å². The molecule has 0 radical (unpaired) electrons. The van der Waals surface area contributed by atoms with E-state index >= 15 is 0 Å². The van der Waals surface area contributed by atoms with Gasteiger partial charge in [0.15, 0.2) is 6.10 Å². The Morgan fingerprint density at radius 2 is 1.64 bits per heavy atom. The van der Waals surface area contributed by atoms with E-state index < -0.39 is 29.7 Å². The van der Waals surface area contributed by atoms with E-state index in [9.17, 15) is 14.4 Å². The SMILES string of the molecule is CC(C)c1ccc(NC(=O)[C@@H](C)OC(=O)CCCNC(=O)OC(C)(C)C)cc1. The predicted molar refractivity (Wildman–Crippen MR) is 108 cm³/mol. The van der Waals surface area contributed by atoms with Crippen molar-refractivity contribution in [2.24, 2.45) is 0 Å². The first-order valence-corrected chi connectivity index (χ1v) is 9.55. The molecule has 0 aliphatic heterocycles. The molecule has 2 amide bonds. The summed E-state index contributed by atoms with van der Waals surface area (Å²) in [5, 5.41) is 5.29. The van der Waals surface area contributed by atoms with Crippen LogP contribution in [0.1, 0.15) is 65.9 Å². The predicted octanol–water partition coefficient (Wildman–Crippen LogP) is 3.99. The van der Waals surface area contributed by atoms with Crippen LogP contribution in [-0.4, -0.2) is 36.2 Å². The van der Waals surface area contributed by atoms with Crippen LogP contribution in [0.25, 0.3) is 0 Å². The highest BCUT2D eigenvalue weighted by molar-refractivity contribution is 5.95. The fourth-order valence-electron chi connectivity index (χ4n) is 2.24. The number of esters is 1. The molecule has 0 aliphatic rings. The van der Waals surface area contributed by atoms with Gasteiger partial charge in [-0.3, -0.25) is 9.59 Å². The first kappa shape index (κ1) is 23.5. The van der Waals surface area contributed by atoms with E-state index in [-0.39, 0.29) is 13.0 Å². The molecule has 0 bridgehead atoms. The fourth-order valence-corrected chi connectivity index (χ4v) is 2.24. The summed E-state index contributed by atoms with van der Waals surface area (Å²) in [5.74, 6) is -0.476. The maximum Gasteiger partial charge on any atom is 0.407 e. The number of carbonyl (C=O) groups excluding carboxylic acids is 3. The standard InChI is InChI=1S/C21H32N2O5/c1-14(2)16-9-11-17(12-10-16)23-19(25)15(3)27-18(24)8-7-13-22-20(26)28-21(4,5)6/h9-12,14-15H,7-8,13H2,1-6H3,(H,22,26)(H,23,25)/t15-/m1/s1. The van der Waals surface area contributed by atoms with Gasteiger partial charge in [0.1, 0.15) is 5.60 Å². The molecule has 0 saturated heterocycles. The van der Waals surface area contributed by atoms with Crippen LogP contribution in [0, 0.1) is 0 Å². The summed E-state index contributed by atoms with van der Waals surface area (Å²) in [7, 11) is 0. The molecular weight excluding hydrogens is 360 g/mol. The third-order valence-electron chi connectivity index (χ3n) is 3.75. The molecule has 2 N–H and O–H groups in total. The van der Waals surface area contributed by atoms with E-state index in [2.05, 4.69) is 24.5 Å². The van der Waals surface area contributed by atoms with Gasteiger partial charge in [0.05, 0.1) is 0 Å². The van der Waals surface area contributed by atoms with E-state index in [0.29, 0.717) is 18.0 Å². The molecular formula is C21H32N2O5. The molecule has 0 aliphatic carbocycles. The van der Waals surface area contributed by atoms with Gasteiger partial charge < -0.3 is 20.1 Å². The van der Waals surface area contributed by atoms with Gasteiger partial charge in [-0.2, -0.15) is 0 Å². The fraction of sp³-hybridized carbons (Fsp3) is 0.571. The highest BCUT2D eigenvalue weighted by Gasteiger charge is 2.18. The van der Waals surface area contributed by atoms with Gasteiger partial charge in [0.25, 0.3) is 5.91 Å². The van der Waals surface area contributed by atoms with E-state index in [1.807, 2.05) is 24.3 Å². The second-order valence-electron chi connectivity index (χ2n) is 7.93. The minimum atomic E-state index is -0.906. The van der Waals surface area contributed by atoms with Crippen LogP contribution in [0.2, 0.25) is 0 Å². The Bertz CT molecular complexity index is 662. The van der Waals surface area contributed by atoms with Crippen molar-refractivity contribution in [3.63, 3.8) is 0 Å². The zero-order valence-corrected chi connectivity index (χ0v) is 17.6. The van der Waals surface area contributed by atoms with Crippen molar-refractivity contribution in [1.82, 2.24) is 5.32 Å². The molecule has 1 rings (SSSR count). The van der Waals surface area contributed by atoms with E-state index in [1.54, 1.807) is 20.8 Å². The van der Waals surface area contributed by atoms with Crippen molar-refractivity contribution in [2.45, 2.75) is 72.0 Å². The van der Waals surface area contributed by atoms with Crippen LogP contribution in [0.4, 0.5) is 10.5 Å². The van der Waals surface area contributed by atoms with Gasteiger partial charge in [-0.15, -0.1) is 0 Å². The number of ether oxygens (including phenoxy) is 2. The Balaban J connectivity index is 2.31. The second kappa shape index (κ2) is 10.7. The van der Waals surface area contributed by atoms with Crippen molar-refractivity contribution in [1.29, 1.82) is 0 Å². The Morgan fingerprint density at radius 1 is 1.04 bits per heavy atom. The van der Waals surface area contributed by atoms with Crippen LogP contribution in [-0.2, 0) is 19.1 Å². The molecule has 7 heteroatoms. The van der Waals surface area contributed by atoms with Crippen LogP contribution in [0.5, 0.6) is 0 Å². The first-order valence-electron chi connectivity index (χ1n) is 9.55. The second-order valence-corrected chi connectivity index (χ2v) is 7.93. The van der Waals surface area contributed by atoms with Crippen molar-refractivity contribution in [2.75, 3.05) is 11.9 Å². The number of nitrogens with one attached hydrogen (secondary N) is 2. The molecule has 156 valence electrons. The molecule has 0 saturated carbocycles. The number of amides is 2. The van der Waals surface area contributed by atoms with E-state index in [0.717, 1.165) is 0 Å². The number of benzene rings is 1. The van der Waals surface area contributed by atoms with Crippen molar-refractivity contribution >= 4 is 23.7 Å². The minimum Gasteiger partial charge on any atom is -0.453 e. The minimum absolute atomic E-state index is 0.0938. The lowest BCUT2D eigenvalue weighted by atomic mass is 10.0. The smallest absolute Gasteiger partial charge is 0.407 e. The monoisotopic (exact) mass is 392 g/mol. The molecule has 28 heavy (non-hydrogen) atoms. The van der Waals surface area contributed by atoms with Crippen LogP contribution >= 0.6 is 0 Å². The summed E-state index contributed by atoms with van der Waals surface area (Å²) < 4.78 is 10.2. The number of carbonyl (C=O) groups is 3. The topological polar surface area (TPSA) is 93.7 Å². The van der Waals surface area contributed by atoms with Crippen molar-refractivity contribution in [3.05, 3.63) is 29.8 Å². The van der Waals surface area contributed by atoms with Gasteiger partial charge in [0, 0.05) is 18.7 Å². The normalized spacial score (nSPS) is 12.2. The van der Waals surface area contributed by atoms with Gasteiger partial charge >= 0.3 is 12.1 Å². The average molecular weight is 392 g/mol. The molecule has 0 heterocycles. The molecule has 0 unspecified atom stereocenters. The Hall–Kier alpha value is -2.57. The third-order valence-corrected chi connectivity index (χ3v) is 3.75. The maximum atomic E-state index is 12.2. The lowest BCUT2D eigenvalue weighted by molar-refractivity contribution is -0.153. The maximum absolute atomic E-state index is 12.2. The highest BCUT2D eigenvalue weighted by Crippen LogP contribution is 2.17. The van der Waals surface area contributed by atoms with Gasteiger partial charge in [0.2, 0.25) is 0 Å². The van der Waals surface area contributed by atoms with Gasteiger partial charge in [-0.25, -0.2) is 4.79 Å². The van der Waals surface area contributed by atoms with Crippen molar-refractivity contribution < 1.29 is 23.9 Å². The van der Waals surface area contributed by atoms with Crippen LogP contribution in [0.15, 0.2) is 24.3 Å². The Morgan fingerprint density at radius 3 is 2.18 bits per heavy atom. The van der Waals surface area contributed by atoms with Gasteiger partial charge in [-0.05, 0) is 57.7 Å². The highest BCUT2D eigenvalue weighted by atomic mass is 16.6.